The number of aliphatic hydroxyl groups excluding tert-OH is 1. The van der Waals surface area contributed by atoms with Crippen molar-refractivity contribution in [2.45, 2.75) is 26.7 Å². The van der Waals surface area contributed by atoms with Crippen molar-refractivity contribution >= 4 is 11.8 Å². The molecule has 1 rings (SSSR count). The molecule has 5 nitrogen and oxygen atoms in total. The van der Waals surface area contributed by atoms with Gasteiger partial charge in [-0.05, 0) is 36.5 Å². The Hall–Kier alpha value is -1.88. The summed E-state index contributed by atoms with van der Waals surface area (Å²) in [6.07, 6.45) is 1.64. The first-order chi connectivity index (χ1) is 9.89. The Morgan fingerprint density at radius 3 is 2.38 bits per heavy atom. The van der Waals surface area contributed by atoms with Gasteiger partial charge in [0.15, 0.2) is 0 Å². The molecule has 3 N–H and O–H groups in total. The van der Waals surface area contributed by atoms with Crippen molar-refractivity contribution < 1.29 is 14.7 Å². The van der Waals surface area contributed by atoms with E-state index in [1.807, 2.05) is 13.8 Å². The van der Waals surface area contributed by atoms with Gasteiger partial charge in [-0.2, -0.15) is 0 Å². The maximum Gasteiger partial charge on any atom is 0.251 e. The third kappa shape index (κ3) is 5.55. The van der Waals surface area contributed by atoms with Crippen LogP contribution in [0, 0.1) is 5.41 Å². The molecule has 1 aromatic carbocycles. The number of nitrogens with one attached hydrogen (secondary N) is 2. The molecule has 0 aliphatic carbocycles. The summed E-state index contributed by atoms with van der Waals surface area (Å²) in [6, 6.07) is 6.61. The first kappa shape index (κ1) is 17.2. The summed E-state index contributed by atoms with van der Waals surface area (Å²) in [5.74, 6) is -0.406. The fraction of sp³-hybridized carbons (Fsp3) is 0.500. The first-order valence-electron chi connectivity index (χ1n) is 7.11. The highest BCUT2D eigenvalue weighted by Gasteiger charge is 2.16. The van der Waals surface area contributed by atoms with Crippen molar-refractivity contribution in [2.24, 2.45) is 5.41 Å². The van der Waals surface area contributed by atoms with E-state index in [1.165, 1.54) is 0 Å². The summed E-state index contributed by atoms with van der Waals surface area (Å²) in [6.45, 7) is 4.66. The second-order valence-corrected chi connectivity index (χ2v) is 5.84. The molecule has 0 aliphatic rings. The Balaban J connectivity index is 2.51. The van der Waals surface area contributed by atoms with Crippen LogP contribution < -0.4 is 10.6 Å². The quantitative estimate of drug-likeness (QED) is 0.668. The van der Waals surface area contributed by atoms with Crippen molar-refractivity contribution in [1.29, 1.82) is 0 Å². The molecular formula is C16H24N2O3. The molecular weight excluding hydrogens is 268 g/mol. The summed E-state index contributed by atoms with van der Waals surface area (Å²) < 4.78 is 0. The highest BCUT2D eigenvalue weighted by Crippen LogP contribution is 2.20. The van der Waals surface area contributed by atoms with Gasteiger partial charge in [-0.1, -0.05) is 19.9 Å². The minimum absolute atomic E-state index is 0.121. The normalized spacial score (nSPS) is 11.0. The number of carbonyl (C=O) groups excluding carboxylic acids is 2. The molecule has 0 spiro atoms. The third-order valence-corrected chi connectivity index (χ3v) is 3.36. The molecule has 2 amide bonds. The van der Waals surface area contributed by atoms with E-state index in [0.717, 1.165) is 12.8 Å². The van der Waals surface area contributed by atoms with Crippen molar-refractivity contribution in [1.82, 2.24) is 10.6 Å². The van der Waals surface area contributed by atoms with Crippen LogP contribution in [-0.4, -0.2) is 37.1 Å². The monoisotopic (exact) mass is 292 g/mol. The van der Waals surface area contributed by atoms with Gasteiger partial charge in [0, 0.05) is 31.3 Å². The lowest BCUT2D eigenvalue weighted by atomic mass is 9.89. The Kier molecular flexibility index (Phi) is 6.37. The zero-order valence-corrected chi connectivity index (χ0v) is 12.9. The van der Waals surface area contributed by atoms with E-state index >= 15 is 0 Å². The number of hydrogen-bond donors (Lipinski definition) is 3. The smallest absolute Gasteiger partial charge is 0.251 e. The van der Waals surface area contributed by atoms with Crippen molar-refractivity contribution in [2.75, 3.05) is 20.2 Å². The molecule has 1 aromatic rings. The molecule has 0 aliphatic heterocycles. The first-order valence-corrected chi connectivity index (χ1v) is 7.11. The summed E-state index contributed by atoms with van der Waals surface area (Å²) >= 11 is 0. The Morgan fingerprint density at radius 2 is 1.81 bits per heavy atom. The second-order valence-electron chi connectivity index (χ2n) is 5.84. The van der Waals surface area contributed by atoms with Gasteiger partial charge in [0.1, 0.15) is 0 Å². The number of aliphatic hydroxyl groups is 1. The minimum Gasteiger partial charge on any atom is -0.396 e. The SMILES string of the molecule is CNC(=O)c1cccc(C(=O)NCCCC(C)(C)CO)c1. The van der Waals surface area contributed by atoms with Crippen LogP contribution in [0.2, 0.25) is 0 Å². The fourth-order valence-electron chi connectivity index (χ4n) is 1.90. The molecule has 0 aromatic heterocycles. The van der Waals surface area contributed by atoms with Crippen LogP contribution in [0.15, 0.2) is 24.3 Å². The minimum atomic E-state index is -0.214. The lowest BCUT2D eigenvalue weighted by Crippen LogP contribution is -2.27. The Labute approximate surface area is 125 Å². The highest BCUT2D eigenvalue weighted by atomic mass is 16.3. The van der Waals surface area contributed by atoms with Crippen LogP contribution in [-0.2, 0) is 0 Å². The fourth-order valence-corrected chi connectivity index (χ4v) is 1.90. The van der Waals surface area contributed by atoms with Gasteiger partial charge in [-0.3, -0.25) is 9.59 Å². The van der Waals surface area contributed by atoms with E-state index in [4.69, 9.17) is 5.11 Å². The van der Waals surface area contributed by atoms with Gasteiger partial charge in [0.25, 0.3) is 11.8 Å². The summed E-state index contributed by atoms with van der Waals surface area (Å²) in [5.41, 5.74) is 0.813. The van der Waals surface area contributed by atoms with Gasteiger partial charge in [-0.25, -0.2) is 0 Å². The summed E-state index contributed by atoms with van der Waals surface area (Å²) in [5, 5.41) is 14.5. The van der Waals surface area contributed by atoms with Gasteiger partial charge in [-0.15, -0.1) is 0 Å². The zero-order chi connectivity index (χ0) is 15.9. The van der Waals surface area contributed by atoms with Gasteiger partial charge < -0.3 is 15.7 Å². The standard InChI is InChI=1S/C16H24N2O3/c1-16(2,11-19)8-5-9-18-15(21)13-7-4-6-12(10-13)14(20)17-3/h4,6-7,10,19H,5,8-9,11H2,1-3H3,(H,17,20)(H,18,21). The van der Waals surface area contributed by atoms with E-state index in [2.05, 4.69) is 10.6 Å². The largest absolute Gasteiger partial charge is 0.396 e. The van der Waals surface area contributed by atoms with Crippen LogP contribution in [0.5, 0.6) is 0 Å². The predicted octanol–water partition coefficient (Wildman–Crippen LogP) is 1.57. The number of amides is 2. The maximum atomic E-state index is 12.0. The van der Waals surface area contributed by atoms with E-state index in [-0.39, 0.29) is 23.8 Å². The van der Waals surface area contributed by atoms with Crippen LogP contribution >= 0.6 is 0 Å². The molecule has 5 heteroatoms. The van der Waals surface area contributed by atoms with Crippen LogP contribution in [0.1, 0.15) is 47.4 Å². The lowest BCUT2D eigenvalue weighted by Gasteiger charge is -2.21. The second kappa shape index (κ2) is 7.78. The number of rotatable bonds is 7. The topological polar surface area (TPSA) is 78.4 Å². The molecule has 21 heavy (non-hydrogen) atoms. The number of hydrogen-bond acceptors (Lipinski definition) is 3. The number of benzene rings is 1. The van der Waals surface area contributed by atoms with E-state index in [1.54, 1.807) is 31.3 Å². The van der Waals surface area contributed by atoms with E-state index in [0.29, 0.717) is 17.7 Å². The molecule has 0 saturated carbocycles. The molecule has 0 atom stereocenters. The van der Waals surface area contributed by atoms with Crippen LogP contribution in [0.4, 0.5) is 0 Å². The average Bonchev–Trinajstić information content (AvgIpc) is 2.50. The molecule has 0 radical (unpaired) electrons. The van der Waals surface area contributed by atoms with Crippen LogP contribution in [0.25, 0.3) is 0 Å². The van der Waals surface area contributed by atoms with Crippen molar-refractivity contribution in [3.63, 3.8) is 0 Å². The summed E-state index contributed by atoms with van der Waals surface area (Å²) in [4.78, 5) is 23.5. The van der Waals surface area contributed by atoms with Gasteiger partial charge in [0.2, 0.25) is 0 Å². The third-order valence-electron chi connectivity index (χ3n) is 3.36. The van der Waals surface area contributed by atoms with E-state index in [9.17, 15) is 9.59 Å². The Bertz CT molecular complexity index is 498. The zero-order valence-electron chi connectivity index (χ0n) is 12.9. The molecule has 0 saturated heterocycles. The Morgan fingerprint density at radius 1 is 1.19 bits per heavy atom. The molecule has 0 bridgehead atoms. The van der Waals surface area contributed by atoms with Crippen molar-refractivity contribution in [3.05, 3.63) is 35.4 Å². The van der Waals surface area contributed by atoms with Gasteiger partial charge in [0.05, 0.1) is 0 Å². The highest BCUT2D eigenvalue weighted by molar-refractivity contribution is 5.99. The maximum absolute atomic E-state index is 12.0. The molecule has 116 valence electrons. The average molecular weight is 292 g/mol. The van der Waals surface area contributed by atoms with E-state index < -0.39 is 0 Å². The van der Waals surface area contributed by atoms with Gasteiger partial charge >= 0.3 is 0 Å². The number of carbonyl (C=O) groups is 2. The lowest BCUT2D eigenvalue weighted by molar-refractivity contribution is 0.0948. The predicted molar refractivity (Wildman–Crippen MR) is 82.3 cm³/mol. The molecule has 0 unspecified atom stereocenters. The molecule has 0 fully saturated rings. The van der Waals surface area contributed by atoms with Crippen molar-refractivity contribution in [3.8, 4) is 0 Å². The van der Waals surface area contributed by atoms with Crippen LogP contribution in [0.3, 0.4) is 0 Å². The summed E-state index contributed by atoms with van der Waals surface area (Å²) in [7, 11) is 1.55. The molecule has 0 heterocycles.